The Morgan fingerprint density at radius 2 is 2.21 bits per heavy atom. The van der Waals surface area contributed by atoms with Gasteiger partial charge in [-0.1, -0.05) is 22.9 Å². The van der Waals surface area contributed by atoms with Crippen LogP contribution in [-0.2, 0) is 11.2 Å². The largest absolute Gasteiger partial charge is 0.303 e. The zero-order valence-corrected chi connectivity index (χ0v) is 9.55. The van der Waals surface area contributed by atoms with Gasteiger partial charge in [-0.25, -0.2) is 4.39 Å². The van der Waals surface area contributed by atoms with E-state index in [1.54, 1.807) is 0 Å². The molecular weight excluding hydrogens is 247 g/mol. The standard InChI is InChI=1S/C11H12BrFO/c1-8(7-14)2-3-9-4-10(12)6-11(13)5-9/h4-8H,2-3H2,1H3. The van der Waals surface area contributed by atoms with E-state index in [1.807, 2.05) is 13.0 Å². The smallest absolute Gasteiger partial charge is 0.124 e. The first-order chi connectivity index (χ1) is 6.61. The van der Waals surface area contributed by atoms with Crippen LogP contribution in [0.4, 0.5) is 4.39 Å². The molecule has 1 rings (SSSR count). The van der Waals surface area contributed by atoms with Crippen LogP contribution in [0.3, 0.4) is 0 Å². The Morgan fingerprint density at radius 3 is 2.79 bits per heavy atom. The molecule has 0 saturated heterocycles. The molecule has 0 radical (unpaired) electrons. The summed E-state index contributed by atoms with van der Waals surface area (Å²) in [4.78, 5) is 10.4. The van der Waals surface area contributed by atoms with Gasteiger partial charge < -0.3 is 4.79 Å². The van der Waals surface area contributed by atoms with E-state index in [0.29, 0.717) is 0 Å². The molecule has 1 atom stereocenters. The summed E-state index contributed by atoms with van der Waals surface area (Å²) in [7, 11) is 0. The number of hydrogen-bond acceptors (Lipinski definition) is 1. The van der Waals surface area contributed by atoms with Gasteiger partial charge >= 0.3 is 0 Å². The first-order valence-electron chi connectivity index (χ1n) is 4.52. The van der Waals surface area contributed by atoms with Crippen LogP contribution in [0.2, 0.25) is 0 Å². The fraction of sp³-hybridized carbons (Fsp3) is 0.364. The summed E-state index contributed by atoms with van der Waals surface area (Å²) in [6.07, 6.45) is 2.42. The highest BCUT2D eigenvalue weighted by atomic mass is 79.9. The number of hydrogen-bond donors (Lipinski definition) is 0. The molecule has 1 nitrogen and oxygen atoms in total. The van der Waals surface area contributed by atoms with Gasteiger partial charge in [-0.15, -0.1) is 0 Å². The molecule has 0 heterocycles. The second-order valence-corrected chi connectivity index (χ2v) is 4.35. The average Bonchev–Trinajstić information content (AvgIpc) is 2.12. The van der Waals surface area contributed by atoms with Crippen LogP contribution in [0.5, 0.6) is 0 Å². The zero-order chi connectivity index (χ0) is 10.6. The maximum atomic E-state index is 12.9. The topological polar surface area (TPSA) is 17.1 Å². The Bertz CT molecular complexity index is 305. The van der Waals surface area contributed by atoms with Gasteiger partial charge in [0.05, 0.1) is 0 Å². The Hall–Kier alpha value is -0.700. The van der Waals surface area contributed by atoms with Gasteiger partial charge in [0.2, 0.25) is 0 Å². The van der Waals surface area contributed by atoms with Crippen molar-refractivity contribution < 1.29 is 9.18 Å². The highest BCUT2D eigenvalue weighted by molar-refractivity contribution is 9.10. The van der Waals surface area contributed by atoms with E-state index in [0.717, 1.165) is 29.2 Å². The summed E-state index contributed by atoms with van der Waals surface area (Å²) >= 11 is 3.23. The summed E-state index contributed by atoms with van der Waals surface area (Å²) < 4.78 is 13.7. The minimum absolute atomic E-state index is 0.0389. The maximum Gasteiger partial charge on any atom is 0.124 e. The van der Waals surface area contributed by atoms with Crippen molar-refractivity contribution in [2.45, 2.75) is 19.8 Å². The van der Waals surface area contributed by atoms with Crippen molar-refractivity contribution >= 4 is 22.2 Å². The van der Waals surface area contributed by atoms with Gasteiger partial charge in [-0.3, -0.25) is 0 Å². The van der Waals surface area contributed by atoms with E-state index < -0.39 is 0 Å². The van der Waals surface area contributed by atoms with Gasteiger partial charge in [0, 0.05) is 10.4 Å². The second kappa shape index (κ2) is 5.25. The van der Waals surface area contributed by atoms with E-state index in [4.69, 9.17) is 0 Å². The van der Waals surface area contributed by atoms with Crippen molar-refractivity contribution in [2.75, 3.05) is 0 Å². The molecule has 0 spiro atoms. The monoisotopic (exact) mass is 258 g/mol. The van der Waals surface area contributed by atoms with E-state index >= 15 is 0 Å². The molecule has 0 aliphatic rings. The number of carbonyl (C=O) groups excluding carboxylic acids is 1. The van der Waals surface area contributed by atoms with Crippen molar-refractivity contribution in [3.63, 3.8) is 0 Å². The van der Waals surface area contributed by atoms with Crippen molar-refractivity contribution in [1.82, 2.24) is 0 Å². The van der Waals surface area contributed by atoms with Crippen LogP contribution in [-0.4, -0.2) is 6.29 Å². The lowest BCUT2D eigenvalue weighted by Crippen LogP contribution is -1.98. The van der Waals surface area contributed by atoms with E-state index in [-0.39, 0.29) is 11.7 Å². The number of rotatable bonds is 4. The van der Waals surface area contributed by atoms with Gasteiger partial charge in [0.25, 0.3) is 0 Å². The second-order valence-electron chi connectivity index (χ2n) is 3.43. The van der Waals surface area contributed by atoms with Crippen LogP contribution in [0.1, 0.15) is 18.9 Å². The molecule has 0 amide bonds. The van der Waals surface area contributed by atoms with Crippen LogP contribution < -0.4 is 0 Å². The Morgan fingerprint density at radius 1 is 1.50 bits per heavy atom. The molecule has 76 valence electrons. The SMILES string of the molecule is CC(C=O)CCc1cc(F)cc(Br)c1. The summed E-state index contributed by atoms with van der Waals surface area (Å²) in [6, 6.07) is 4.80. The minimum Gasteiger partial charge on any atom is -0.303 e. The predicted octanol–water partition coefficient (Wildman–Crippen LogP) is 3.36. The van der Waals surface area contributed by atoms with Crippen molar-refractivity contribution in [2.24, 2.45) is 5.92 Å². The molecule has 0 aliphatic carbocycles. The Balaban J connectivity index is 2.62. The van der Waals surface area contributed by atoms with Crippen LogP contribution in [0.25, 0.3) is 0 Å². The number of halogens is 2. The van der Waals surface area contributed by atoms with Crippen LogP contribution in [0.15, 0.2) is 22.7 Å². The maximum absolute atomic E-state index is 12.9. The molecule has 0 fully saturated rings. The quantitative estimate of drug-likeness (QED) is 0.758. The molecule has 0 N–H and O–H groups in total. The average molecular weight is 259 g/mol. The highest BCUT2D eigenvalue weighted by Crippen LogP contribution is 2.17. The Kier molecular flexibility index (Phi) is 4.26. The zero-order valence-electron chi connectivity index (χ0n) is 7.97. The minimum atomic E-state index is -0.242. The van der Waals surface area contributed by atoms with Gasteiger partial charge in [-0.2, -0.15) is 0 Å². The van der Waals surface area contributed by atoms with Crippen molar-refractivity contribution in [3.05, 3.63) is 34.1 Å². The summed E-state index contributed by atoms with van der Waals surface area (Å²) in [5.41, 5.74) is 0.922. The molecule has 1 aromatic rings. The molecule has 0 bridgehead atoms. The third-order valence-corrected chi connectivity index (χ3v) is 2.50. The molecule has 14 heavy (non-hydrogen) atoms. The molecular formula is C11H12BrFO. The number of benzene rings is 1. The molecule has 0 saturated carbocycles. The summed E-state index contributed by atoms with van der Waals surface area (Å²) in [5, 5.41) is 0. The third kappa shape index (κ3) is 3.58. The normalized spacial score (nSPS) is 12.5. The van der Waals surface area contributed by atoms with Crippen molar-refractivity contribution in [3.8, 4) is 0 Å². The van der Waals surface area contributed by atoms with E-state index in [1.165, 1.54) is 12.1 Å². The lowest BCUT2D eigenvalue weighted by molar-refractivity contribution is -0.110. The van der Waals surface area contributed by atoms with Crippen LogP contribution >= 0.6 is 15.9 Å². The first kappa shape index (κ1) is 11.4. The van der Waals surface area contributed by atoms with Gasteiger partial charge in [-0.05, 0) is 36.6 Å². The fourth-order valence-electron chi connectivity index (χ4n) is 1.22. The van der Waals surface area contributed by atoms with E-state index in [9.17, 15) is 9.18 Å². The first-order valence-corrected chi connectivity index (χ1v) is 5.31. The fourth-order valence-corrected chi connectivity index (χ4v) is 1.73. The van der Waals surface area contributed by atoms with Crippen molar-refractivity contribution in [1.29, 1.82) is 0 Å². The molecule has 0 aliphatic heterocycles. The molecule has 0 aromatic heterocycles. The number of aldehydes is 1. The third-order valence-electron chi connectivity index (χ3n) is 2.04. The lowest BCUT2D eigenvalue weighted by atomic mass is 10.0. The van der Waals surface area contributed by atoms with Gasteiger partial charge in [0.1, 0.15) is 12.1 Å². The predicted molar refractivity (Wildman–Crippen MR) is 57.6 cm³/mol. The van der Waals surface area contributed by atoms with Crippen LogP contribution in [0, 0.1) is 11.7 Å². The summed E-state index contributed by atoms with van der Waals surface area (Å²) in [5.74, 6) is -0.204. The Labute approximate surface area is 91.5 Å². The number of carbonyl (C=O) groups is 1. The van der Waals surface area contributed by atoms with Gasteiger partial charge in [0.15, 0.2) is 0 Å². The molecule has 1 aromatic carbocycles. The highest BCUT2D eigenvalue weighted by Gasteiger charge is 2.03. The summed E-state index contributed by atoms with van der Waals surface area (Å²) in [6.45, 7) is 1.86. The van der Waals surface area contributed by atoms with E-state index in [2.05, 4.69) is 15.9 Å². The number of aryl methyl sites for hydroxylation is 1. The molecule has 1 unspecified atom stereocenters. The molecule has 3 heteroatoms. The lowest BCUT2D eigenvalue weighted by Gasteiger charge is -2.04.